The van der Waals surface area contributed by atoms with E-state index in [2.05, 4.69) is 148 Å². The van der Waals surface area contributed by atoms with Crippen LogP contribution in [0.1, 0.15) is 168 Å². The fourth-order valence-electron chi connectivity index (χ4n) is 5.66. The summed E-state index contributed by atoms with van der Waals surface area (Å²) in [5.41, 5.74) is 0. The van der Waals surface area contributed by atoms with Crippen molar-refractivity contribution in [3.05, 3.63) is 134 Å². The third-order valence-corrected chi connectivity index (χ3v) is 8.97. The zero-order valence-corrected chi connectivity index (χ0v) is 36.5. The summed E-state index contributed by atoms with van der Waals surface area (Å²) in [6, 6.07) is 0. The highest BCUT2D eigenvalue weighted by molar-refractivity contribution is 5.69. The lowest BCUT2D eigenvalue weighted by Gasteiger charge is -2.15. The highest BCUT2D eigenvalue weighted by Gasteiger charge is 2.13. The Balaban J connectivity index is 3.61. The Bertz CT molecular complexity index is 1190. The maximum Gasteiger partial charge on any atom is 0.306 e. The highest BCUT2D eigenvalue weighted by atomic mass is 16.6. The van der Waals surface area contributed by atoms with Crippen molar-refractivity contribution in [1.29, 1.82) is 0 Å². The average Bonchev–Trinajstić information content (AvgIpc) is 3.22. The van der Waals surface area contributed by atoms with E-state index in [9.17, 15) is 9.90 Å². The number of hydrogen-bond acceptors (Lipinski definition) is 4. The van der Waals surface area contributed by atoms with Gasteiger partial charge in [-0.15, -0.1) is 0 Å². The third-order valence-electron chi connectivity index (χ3n) is 8.97. The Kier molecular flexibility index (Phi) is 45.7. The van der Waals surface area contributed by atoms with Crippen molar-refractivity contribution >= 4 is 5.97 Å². The molecule has 0 bridgehead atoms. The molecule has 0 saturated carbocycles. The number of allylic oxidation sites excluding steroid dienone is 22. The number of carbonyl (C=O) groups is 1. The van der Waals surface area contributed by atoms with Gasteiger partial charge in [-0.2, -0.15) is 0 Å². The predicted octanol–water partition coefficient (Wildman–Crippen LogP) is 15.4. The second-order valence-corrected chi connectivity index (χ2v) is 14.4. The molecule has 1 N–H and O–H groups in total. The Morgan fingerprint density at radius 1 is 0.421 bits per heavy atom. The van der Waals surface area contributed by atoms with Crippen LogP contribution in [0.2, 0.25) is 0 Å². The summed E-state index contributed by atoms with van der Waals surface area (Å²) in [7, 11) is 0. The van der Waals surface area contributed by atoms with E-state index in [1.54, 1.807) is 0 Å². The number of ether oxygens (including phenoxy) is 2. The van der Waals surface area contributed by atoms with Gasteiger partial charge in [-0.25, -0.2) is 0 Å². The molecule has 0 aromatic carbocycles. The van der Waals surface area contributed by atoms with E-state index in [1.807, 2.05) is 0 Å². The number of aliphatic hydroxyl groups is 1. The molecule has 0 aliphatic rings. The topological polar surface area (TPSA) is 55.8 Å². The number of aliphatic hydroxyl groups excluding tert-OH is 1. The molecule has 0 rings (SSSR count). The van der Waals surface area contributed by atoms with Gasteiger partial charge in [0.05, 0.1) is 13.2 Å². The first-order valence-corrected chi connectivity index (χ1v) is 22.8. The van der Waals surface area contributed by atoms with Crippen LogP contribution in [0.25, 0.3) is 0 Å². The molecule has 4 nitrogen and oxygen atoms in total. The van der Waals surface area contributed by atoms with Crippen LogP contribution in [-0.2, 0) is 14.3 Å². The molecule has 0 aliphatic heterocycles. The van der Waals surface area contributed by atoms with Gasteiger partial charge in [0.2, 0.25) is 0 Å². The van der Waals surface area contributed by atoms with Crippen LogP contribution in [-0.4, -0.2) is 37.0 Å². The molecule has 4 heteroatoms. The molecule has 0 aromatic heterocycles. The lowest BCUT2D eigenvalue weighted by Crippen LogP contribution is -2.27. The molecule has 0 heterocycles. The maximum atomic E-state index is 12.2. The molecular weight excluding hydrogens is 701 g/mol. The van der Waals surface area contributed by atoms with Gasteiger partial charge in [0.25, 0.3) is 0 Å². The van der Waals surface area contributed by atoms with E-state index in [-0.39, 0.29) is 19.2 Å². The summed E-state index contributed by atoms with van der Waals surface area (Å²) in [6.07, 6.45) is 73.8. The Morgan fingerprint density at radius 2 is 0.737 bits per heavy atom. The first-order valence-electron chi connectivity index (χ1n) is 22.8. The quantitative estimate of drug-likeness (QED) is 0.0382. The van der Waals surface area contributed by atoms with E-state index in [0.29, 0.717) is 13.0 Å². The molecule has 0 saturated heterocycles. The van der Waals surface area contributed by atoms with Crippen molar-refractivity contribution in [2.24, 2.45) is 0 Å². The van der Waals surface area contributed by atoms with Crippen molar-refractivity contribution in [3.8, 4) is 0 Å². The van der Waals surface area contributed by atoms with Crippen LogP contribution in [0.15, 0.2) is 134 Å². The highest BCUT2D eigenvalue weighted by Crippen LogP contribution is 2.11. The number of unbranched alkanes of at least 4 members (excludes halogenated alkanes) is 10. The number of rotatable bonds is 40. The fourth-order valence-corrected chi connectivity index (χ4v) is 5.66. The second kappa shape index (κ2) is 48.7. The lowest BCUT2D eigenvalue weighted by molar-refractivity contribution is -0.154. The number of esters is 1. The van der Waals surface area contributed by atoms with Crippen LogP contribution in [0, 0.1) is 0 Å². The summed E-state index contributed by atoms with van der Waals surface area (Å²) in [5.74, 6) is -0.266. The molecule has 1 atom stereocenters. The monoisotopic (exact) mass is 785 g/mol. The van der Waals surface area contributed by atoms with E-state index in [1.165, 1.54) is 51.4 Å². The van der Waals surface area contributed by atoms with Gasteiger partial charge in [-0.05, 0) is 103 Å². The molecule has 0 spiro atoms. The minimum Gasteiger partial charge on any atom is -0.457 e. The molecule has 0 aliphatic carbocycles. The smallest absolute Gasteiger partial charge is 0.306 e. The van der Waals surface area contributed by atoms with Gasteiger partial charge in [-0.1, -0.05) is 192 Å². The van der Waals surface area contributed by atoms with Gasteiger partial charge in [0, 0.05) is 13.0 Å². The summed E-state index contributed by atoms with van der Waals surface area (Å²) < 4.78 is 11.1. The van der Waals surface area contributed by atoms with Crippen LogP contribution < -0.4 is 0 Å². The molecule has 57 heavy (non-hydrogen) atoms. The SMILES string of the molecule is CC/C=C\C/C=C\C/C=C\C/C=C\C/C=C\C/C=C\C/C=C\CCCC(=O)OC(CO)COCCCCCCCCCCC/C=C\C/C=C\C/C=C\C/C=C\CC. The predicted molar refractivity (Wildman–Crippen MR) is 250 cm³/mol. The summed E-state index contributed by atoms with van der Waals surface area (Å²) in [6.45, 7) is 5.02. The average molecular weight is 785 g/mol. The first kappa shape index (κ1) is 53.5. The molecule has 320 valence electrons. The largest absolute Gasteiger partial charge is 0.457 e. The molecule has 0 amide bonds. The fraction of sp³-hybridized carbons (Fsp3) is 0.566. The van der Waals surface area contributed by atoms with Gasteiger partial charge in [0.1, 0.15) is 6.10 Å². The van der Waals surface area contributed by atoms with E-state index in [4.69, 9.17) is 9.47 Å². The summed E-state index contributed by atoms with van der Waals surface area (Å²) >= 11 is 0. The molecule has 0 aromatic rings. The van der Waals surface area contributed by atoms with E-state index in [0.717, 1.165) is 96.3 Å². The second-order valence-electron chi connectivity index (χ2n) is 14.4. The normalized spacial score (nSPS) is 13.7. The standard InChI is InChI=1S/C53H84O4/c1-3-5-7-9-11-13-15-17-19-21-23-25-27-28-30-32-34-36-38-40-42-44-46-48-53(55)57-52(50-54)51-56-49-47-45-43-41-39-37-35-33-31-29-26-24-22-20-18-16-14-12-10-8-6-4-2/h5-8,11-14,17-20,23-26,28,30,34,36,40,42,52,54H,3-4,9-10,15-16,21-22,27,29,31-33,35,37-39,41,43-51H2,1-2H3/b7-5-,8-6-,13-11-,14-12-,19-17-,20-18-,25-23-,26-24-,30-28-,36-34-,42-40-. The number of carbonyl (C=O) groups excluding carboxylic acids is 1. The summed E-state index contributed by atoms with van der Waals surface area (Å²) in [5, 5.41) is 9.62. The van der Waals surface area contributed by atoms with E-state index >= 15 is 0 Å². The van der Waals surface area contributed by atoms with Crippen molar-refractivity contribution in [1.82, 2.24) is 0 Å². The Hall–Kier alpha value is -3.47. The maximum absolute atomic E-state index is 12.2. The van der Waals surface area contributed by atoms with Crippen molar-refractivity contribution in [2.45, 2.75) is 174 Å². The third kappa shape index (κ3) is 46.8. The van der Waals surface area contributed by atoms with Gasteiger partial charge in [-0.3, -0.25) is 4.79 Å². The molecule has 1 unspecified atom stereocenters. The minimum absolute atomic E-state index is 0.207. The van der Waals surface area contributed by atoms with Crippen LogP contribution in [0.4, 0.5) is 0 Å². The van der Waals surface area contributed by atoms with Crippen LogP contribution in [0.5, 0.6) is 0 Å². The summed E-state index contributed by atoms with van der Waals surface area (Å²) in [4.78, 5) is 12.2. The van der Waals surface area contributed by atoms with E-state index < -0.39 is 6.10 Å². The zero-order valence-electron chi connectivity index (χ0n) is 36.5. The van der Waals surface area contributed by atoms with Crippen molar-refractivity contribution in [3.63, 3.8) is 0 Å². The lowest BCUT2D eigenvalue weighted by atomic mass is 10.1. The Morgan fingerprint density at radius 3 is 1.11 bits per heavy atom. The Labute approximate surface area is 351 Å². The number of hydrogen-bond donors (Lipinski definition) is 1. The van der Waals surface area contributed by atoms with Gasteiger partial charge in [0.15, 0.2) is 0 Å². The molecule has 0 fully saturated rings. The van der Waals surface area contributed by atoms with Crippen LogP contribution >= 0.6 is 0 Å². The van der Waals surface area contributed by atoms with Crippen molar-refractivity contribution < 1.29 is 19.4 Å². The zero-order chi connectivity index (χ0) is 41.2. The molecule has 0 radical (unpaired) electrons. The molecular formula is C53H84O4. The van der Waals surface area contributed by atoms with Crippen LogP contribution in [0.3, 0.4) is 0 Å². The minimum atomic E-state index is -0.580. The first-order chi connectivity index (χ1) is 28.2. The van der Waals surface area contributed by atoms with Gasteiger partial charge >= 0.3 is 5.97 Å². The van der Waals surface area contributed by atoms with Crippen molar-refractivity contribution in [2.75, 3.05) is 19.8 Å². The van der Waals surface area contributed by atoms with Gasteiger partial charge < -0.3 is 14.6 Å².